The lowest BCUT2D eigenvalue weighted by molar-refractivity contribution is -2.00. The molecular weight excluding hydrogens is 332 g/mol. The van der Waals surface area contributed by atoms with Crippen molar-refractivity contribution in [3.05, 3.63) is 79.3 Å². The summed E-state index contributed by atoms with van der Waals surface area (Å²) in [6.07, 6.45) is 6.36. The van der Waals surface area contributed by atoms with E-state index >= 15 is 0 Å². The minimum Gasteiger partial charge on any atom is -0.222 e. The normalized spacial score (nSPS) is 11.3. The Morgan fingerprint density at radius 1 is 0.792 bits per heavy atom. The quantitative estimate of drug-likeness (QED) is 0.397. The molecule has 0 saturated heterocycles. The second-order valence-electron chi connectivity index (χ2n) is 5.05. The van der Waals surface area contributed by atoms with Crippen LogP contribution in [0.2, 0.25) is 0 Å². The van der Waals surface area contributed by atoms with Crippen LogP contribution in [-0.2, 0) is 0 Å². The molecule has 2 heterocycles. The number of nitrogens with zero attached hydrogens (tertiary/aromatic N) is 2. The van der Waals surface area contributed by atoms with E-state index < -0.39 is 10.2 Å². The molecule has 2 aromatic carbocycles. The molecule has 0 aliphatic heterocycles. The zero-order chi connectivity index (χ0) is 17.2. The van der Waals surface area contributed by atoms with Crippen molar-refractivity contribution in [3.8, 4) is 5.69 Å². The lowest BCUT2D eigenvalue weighted by Gasteiger charge is -2.17. The number of halogens is 1. The number of hydrogen-bond donors (Lipinski definition) is 0. The highest BCUT2D eigenvalue weighted by Crippen LogP contribution is 2.16. The molecule has 0 unspecified atom stereocenters. The second-order valence-corrected chi connectivity index (χ2v) is 5.81. The van der Waals surface area contributed by atoms with Crippen molar-refractivity contribution in [2.75, 3.05) is 0 Å². The monoisotopic (exact) mass is 344 g/mol. The fourth-order valence-corrected chi connectivity index (χ4v) is 2.52. The molecule has 0 radical (unpaired) electrons. The number of imidazole rings is 1. The highest BCUT2D eigenvalue weighted by molar-refractivity contribution is 5.83. The van der Waals surface area contributed by atoms with Gasteiger partial charge < -0.3 is 0 Å². The first-order chi connectivity index (χ1) is 11.4. The predicted octanol–water partition coefficient (Wildman–Crippen LogP) is -1.39. The summed E-state index contributed by atoms with van der Waals surface area (Å²) >= 11 is 0. The average Bonchev–Trinajstić information content (AvgIpc) is 2.94. The van der Waals surface area contributed by atoms with Gasteiger partial charge in [0.25, 0.3) is 5.65 Å². The van der Waals surface area contributed by atoms with Gasteiger partial charge in [0.15, 0.2) is 0 Å². The molecule has 0 fully saturated rings. The van der Waals surface area contributed by atoms with Gasteiger partial charge in [0, 0.05) is 11.5 Å². The highest BCUT2D eigenvalue weighted by Gasteiger charge is 2.12. The topological polar surface area (TPSA) is 101 Å². The smallest absolute Gasteiger partial charge is 0.222 e. The Morgan fingerprint density at radius 2 is 1.38 bits per heavy atom. The summed E-state index contributed by atoms with van der Waals surface area (Å²) in [7, 11) is -4.94. The van der Waals surface area contributed by atoms with Gasteiger partial charge in [-0.15, -0.1) is 10.2 Å². The molecule has 0 N–H and O–H groups in total. The summed E-state index contributed by atoms with van der Waals surface area (Å²) in [5.41, 5.74) is 2.35. The summed E-state index contributed by atoms with van der Waals surface area (Å²) in [4.78, 5) is 0. The number of hydrogen-bond acceptors (Lipinski definition) is 4. The van der Waals surface area contributed by atoms with Crippen LogP contribution in [0, 0.1) is 10.2 Å². The minimum absolute atomic E-state index is 1.17. The fraction of sp³-hybridized carbons (Fsp3) is 0. The molecule has 122 valence electrons. The van der Waals surface area contributed by atoms with Crippen LogP contribution >= 0.6 is 0 Å². The first kappa shape index (κ1) is 16.4. The minimum atomic E-state index is -4.94. The Morgan fingerprint density at radius 3 is 2.04 bits per heavy atom. The van der Waals surface area contributed by atoms with Crippen LogP contribution < -0.4 is 23.0 Å². The third-order valence-electron chi connectivity index (χ3n) is 3.48. The summed E-state index contributed by atoms with van der Waals surface area (Å²) in [5.74, 6) is 0. The van der Waals surface area contributed by atoms with Gasteiger partial charge in [0.05, 0.1) is 0 Å². The molecule has 0 aliphatic carbocycles. The standard InChI is InChI=1S/C17H13N2.ClHO4/c1-2-8-16(9-3-1)19-11-10-18-13-15-7-5-4-6-14(15)12-17(18)19;2-1(3,4)5/h1-13H;(H,2,3,4,5)/q+1;/p-1. The van der Waals surface area contributed by atoms with E-state index in [1.807, 2.05) is 6.07 Å². The fourth-order valence-electron chi connectivity index (χ4n) is 2.52. The van der Waals surface area contributed by atoms with Gasteiger partial charge in [-0.05, 0) is 17.5 Å². The number of rotatable bonds is 1. The largest absolute Gasteiger partial charge is 0.291 e. The van der Waals surface area contributed by atoms with Crippen LogP contribution in [-0.4, -0.2) is 4.57 Å². The average molecular weight is 345 g/mol. The Bertz CT molecular complexity index is 959. The van der Waals surface area contributed by atoms with Gasteiger partial charge in [-0.25, -0.2) is 23.0 Å². The molecule has 0 saturated carbocycles. The molecule has 2 aromatic heterocycles. The maximum Gasteiger partial charge on any atom is 0.291 e. The van der Waals surface area contributed by atoms with E-state index in [-0.39, 0.29) is 0 Å². The van der Waals surface area contributed by atoms with Crippen LogP contribution in [0.4, 0.5) is 0 Å². The number of aromatic nitrogens is 2. The SMILES string of the molecule is [O-][Cl+3]([O-])([O-])[O-].c1ccc(-n2cc[n+]3cc4ccccc4cc23)cc1. The Labute approximate surface area is 139 Å². The van der Waals surface area contributed by atoms with Gasteiger partial charge in [0.2, 0.25) is 0 Å². The first-order valence-electron chi connectivity index (χ1n) is 7.00. The number of para-hydroxylation sites is 1. The highest BCUT2D eigenvalue weighted by atomic mass is 35.7. The molecule has 6 nitrogen and oxygen atoms in total. The Balaban J connectivity index is 0.000000300. The van der Waals surface area contributed by atoms with E-state index in [0.717, 1.165) is 0 Å². The molecular formula is C17H13ClN2O4. The first-order valence-corrected chi connectivity index (χ1v) is 8.23. The summed E-state index contributed by atoms with van der Waals surface area (Å²) in [6, 6.07) is 21.1. The molecule has 24 heavy (non-hydrogen) atoms. The lowest BCUT2D eigenvalue weighted by Crippen LogP contribution is -2.68. The van der Waals surface area contributed by atoms with E-state index in [9.17, 15) is 0 Å². The van der Waals surface area contributed by atoms with E-state index in [1.54, 1.807) is 0 Å². The van der Waals surface area contributed by atoms with Crippen molar-refractivity contribution < 1.29 is 33.3 Å². The predicted molar refractivity (Wildman–Crippen MR) is 76.4 cm³/mol. The van der Waals surface area contributed by atoms with Gasteiger partial charge in [-0.3, -0.25) is 0 Å². The van der Waals surface area contributed by atoms with Crippen molar-refractivity contribution in [2.24, 2.45) is 0 Å². The van der Waals surface area contributed by atoms with E-state index in [0.29, 0.717) is 0 Å². The molecule has 0 spiro atoms. The molecule has 0 amide bonds. The van der Waals surface area contributed by atoms with Crippen LogP contribution in [0.15, 0.2) is 79.3 Å². The van der Waals surface area contributed by atoms with E-state index in [4.69, 9.17) is 18.6 Å². The number of fused-ring (bicyclic) bond motifs is 2. The van der Waals surface area contributed by atoms with E-state index in [2.05, 4.69) is 82.2 Å². The van der Waals surface area contributed by atoms with Crippen molar-refractivity contribution in [1.82, 2.24) is 4.57 Å². The second kappa shape index (κ2) is 6.56. The van der Waals surface area contributed by atoms with Crippen molar-refractivity contribution in [3.63, 3.8) is 0 Å². The van der Waals surface area contributed by atoms with Gasteiger partial charge >= 0.3 is 0 Å². The third kappa shape index (κ3) is 3.88. The summed E-state index contributed by atoms with van der Waals surface area (Å²) in [6.45, 7) is 0. The molecule has 0 atom stereocenters. The van der Waals surface area contributed by atoms with Crippen LogP contribution in [0.25, 0.3) is 22.1 Å². The Kier molecular flexibility index (Phi) is 4.48. The van der Waals surface area contributed by atoms with Crippen molar-refractivity contribution in [1.29, 1.82) is 0 Å². The Hall–Kier alpha value is -2.48. The molecule has 4 aromatic rings. The van der Waals surface area contributed by atoms with Gasteiger partial charge in [-0.2, -0.15) is 4.57 Å². The van der Waals surface area contributed by atoms with Gasteiger partial charge in [0.1, 0.15) is 24.3 Å². The van der Waals surface area contributed by atoms with Crippen molar-refractivity contribution >= 4 is 16.4 Å². The summed E-state index contributed by atoms with van der Waals surface area (Å²) < 4.78 is 38.3. The number of pyridine rings is 1. The molecule has 0 aliphatic rings. The van der Waals surface area contributed by atoms with Gasteiger partial charge in [-0.1, -0.05) is 42.5 Å². The maximum absolute atomic E-state index is 8.49. The maximum atomic E-state index is 8.49. The zero-order valence-electron chi connectivity index (χ0n) is 12.4. The molecule has 4 rings (SSSR count). The van der Waals surface area contributed by atoms with E-state index in [1.165, 1.54) is 22.1 Å². The lowest BCUT2D eigenvalue weighted by atomic mass is 10.2. The van der Waals surface area contributed by atoms with Crippen molar-refractivity contribution in [2.45, 2.75) is 0 Å². The van der Waals surface area contributed by atoms with Crippen LogP contribution in [0.5, 0.6) is 0 Å². The van der Waals surface area contributed by atoms with Crippen LogP contribution in [0.1, 0.15) is 0 Å². The molecule has 0 bridgehead atoms. The molecule has 7 heteroatoms. The number of benzene rings is 2. The summed E-state index contributed by atoms with van der Waals surface area (Å²) in [5, 5.41) is 2.52. The zero-order valence-corrected chi connectivity index (χ0v) is 13.2. The third-order valence-corrected chi connectivity index (χ3v) is 3.48. The van der Waals surface area contributed by atoms with Crippen LogP contribution in [0.3, 0.4) is 0 Å².